The lowest BCUT2D eigenvalue weighted by Gasteiger charge is -1.95. The van der Waals surface area contributed by atoms with E-state index in [9.17, 15) is 4.39 Å². The Labute approximate surface area is 94.4 Å². The maximum Gasteiger partial charge on any atom is 0.234 e. The summed E-state index contributed by atoms with van der Waals surface area (Å²) in [6.45, 7) is 1.81. The summed E-state index contributed by atoms with van der Waals surface area (Å²) in [6.07, 6.45) is 0. The summed E-state index contributed by atoms with van der Waals surface area (Å²) in [4.78, 5) is 0.677. The number of hydrogen-bond acceptors (Lipinski definition) is 4. The summed E-state index contributed by atoms with van der Waals surface area (Å²) in [5, 5.41) is 12.7. The van der Waals surface area contributed by atoms with E-state index in [1.54, 1.807) is 22.7 Å². The molecule has 0 fully saturated rings. The van der Waals surface area contributed by atoms with Crippen molar-refractivity contribution in [1.82, 2.24) is 19.8 Å². The van der Waals surface area contributed by atoms with Gasteiger partial charge in [-0.2, -0.15) is 9.61 Å². The lowest BCUT2D eigenvalue weighted by molar-refractivity contribution is 0.630. The van der Waals surface area contributed by atoms with Crippen LogP contribution in [-0.4, -0.2) is 19.8 Å². The molecular weight excluding hydrogens is 227 g/mol. The predicted molar refractivity (Wildman–Crippen MR) is 58.8 cm³/mol. The molecule has 0 unspecified atom stereocenters. The second-order valence-electron chi connectivity index (χ2n) is 3.33. The number of fused-ring (bicyclic) bond motifs is 1. The molecule has 3 aromatic rings. The van der Waals surface area contributed by atoms with Crippen LogP contribution >= 0.6 is 11.3 Å². The third-order valence-corrected chi connectivity index (χ3v) is 3.18. The van der Waals surface area contributed by atoms with Gasteiger partial charge in [0.05, 0.1) is 0 Å². The predicted octanol–water partition coefficient (Wildman–Crippen LogP) is 2.30. The van der Waals surface area contributed by atoms with Crippen LogP contribution in [0.1, 0.15) is 5.82 Å². The third kappa shape index (κ3) is 1.30. The number of nitrogens with zero attached hydrogens (tertiary/aromatic N) is 4. The van der Waals surface area contributed by atoms with Gasteiger partial charge >= 0.3 is 0 Å². The summed E-state index contributed by atoms with van der Waals surface area (Å²) in [6, 6.07) is 6.57. The van der Waals surface area contributed by atoms with E-state index in [-0.39, 0.29) is 5.82 Å². The van der Waals surface area contributed by atoms with E-state index in [0.29, 0.717) is 21.4 Å². The first-order valence-electron chi connectivity index (χ1n) is 4.69. The standard InChI is InChI=1S/C10H7FN4S/c1-6-12-13-10-15(6)14-9(16-10)7-4-2-3-5-8(7)11/h2-5H,1H3. The van der Waals surface area contributed by atoms with Crippen molar-refractivity contribution in [2.45, 2.75) is 6.92 Å². The van der Waals surface area contributed by atoms with Gasteiger partial charge in [0.1, 0.15) is 5.82 Å². The van der Waals surface area contributed by atoms with Crippen molar-refractivity contribution in [3.63, 3.8) is 0 Å². The molecule has 0 bridgehead atoms. The molecule has 80 valence electrons. The van der Waals surface area contributed by atoms with Gasteiger partial charge in [-0.3, -0.25) is 0 Å². The lowest BCUT2D eigenvalue weighted by Crippen LogP contribution is -1.89. The van der Waals surface area contributed by atoms with Crippen LogP contribution in [0.25, 0.3) is 15.5 Å². The average molecular weight is 234 g/mol. The van der Waals surface area contributed by atoms with Gasteiger partial charge in [0, 0.05) is 5.56 Å². The summed E-state index contributed by atoms with van der Waals surface area (Å²) in [5.41, 5.74) is 0.498. The second kappa shape index (κ2) is 3.34. The van der Waals surface area contributed by atoms with Crippen LogP contribution in [0.3, 0.4) is 0 Å². The maximum atomic E-state index is 13.5. The highest BCUT2D eigenvalue weighted by Gasteiger charge is 2.12. The van der Waals surface area contributed by atoms with E-state index in [1.807, 2.05) is 6.92 Å². The van der Waals surface area contributed by atoms with Crippen molar-refractivity contribution in [1.29, 1.82) is 0 Å². The maximum absolute atomic E-state index is 13.5. The summed E-state index contributed by atoms with van der Waals surface area (Å²) >= 11 is 1.32. The Kier molecular flexibility index (Phi) is 1.97. The summed E-state index contributed by atoms with van der Waals surface area (Å²) in [7, 11) is 0. The molecule has 0 radical (unpaired) electrons. The van der Waals surface area contributed by atoms with Crippen LogP contribution in [0.4, 0.5) is 4.39 Å². The van der Waals surface area contributed by atoms with Gasteiger partial charge < -0.3 is 0 Å². The van der Waals surface area contributed by atoms with E-state index in [2.05, 4.69) is 15.3 Å². The molecule has 2 heterocycles. The highest BCUT2D eigenvalue weighted by Crippen LogP contribution is 2.27. The monoisotopic (exact) mass is 234 g/mol. The first kappa shape index (κ1) is 9.41. The van der Waals surface area contributed by atoms with Crippen molar-refractivity contribution in [3.8, 4) is 10.6 Å². The molecule has 0 saturated carbocycles. The molecular formula is C10H7FN4S. The molecule has 0 amide bonds. The molecule has 0 N–H and O–H groups in total. The number of hydrogen-bond donors (Lipinski definition) is 0. The van der Waals surface area contributed by atoms with E-state index in [1.165, 1.54) is 17.4 Å². The Hall–Kier alpha value is -1.82. The Morgan fingerprint density at radius 1 is 1.25 bits per heavy atom. The van der Waals surface area contributed by atoms with Crippen LogP contribution in [0.5, 0.6) is 0 Å². The highest BCUT2D eigenvalue weighted by atomic mass is 32.1. The van der Waals surface area contributed by atoms with Gasteiger partial charge in [0.25, 0.3) is 0 Å². The highest BCUT2D eigenvalue weighted by molar-refractivity contribution is 7.19. The van der Waals surface area contributed by atoms with Crippen LogP contribution in [-0.2, 0) is 0 Å². The Balaban J connectivity index is 2.23. The molecule has 0 aliphatic heterocycles. The minimum absolute atomic E-state index is 0.273. The van der Waals surface area contributed by atoms with E-state index < -0.39 is 0 Å². The Morgan fingerprint density at radius 3 is 2.81 bits per heavy atom. The first-order chi connectivity index (χ1) is 7.75. The lowest BCUT2D eigenvalue weighted by atomic mass is 10.2. The number of aromatic nitrogens is 4. The molecule has 4 nitrogen and oxygen atoms in total. The molecule has 0 aliphatic rings. The molecule has 1 aromatic carbocycles. The Morgan fingerprint density at radius 2 is 2.06 bits per heavy atom. The Bertz CT molecular complexity index is 658. The van der Waals surface area contributed by atoms with Crippen LogP contribution < -0.4 is 0 Å². The molecule has 0 aliphatic carbocycles. The fraction of sp³-hybridized carbons (Fsp3) is 0.100. The smallest absolute Gasteiger partial charge is 0.206 e. The molecule has 0 saturated heterocycles. The van der Waals surface area contributed by atoms with Gasteiger partial charge in [-0.05, 0) is 19.1 Å². The number of aryl methyl sites for hydroxylation is 1. The molecule has 3 rings (SSSR count). The second-order valence-corrected chi connectivity index (χ2v) is 4.28. The molecule has 6 heteroatoms. The summed E-state index contributed by atoms with van der Waals surface area (Å²) in [5.74, 6) is 0.430. The van der Waals surface area contributed by atoms with Crippen molar-refractivity contribution in [3.05, 3.63) is 35.9 Å². The molecule has 0 spiro atoms. The van der Waals surface area contributed by atoms with Gasteiger partial charge in [-0.25, -0.2) is 4.39 Å². The quantitative estimate of drug-likeness (QED) is 0.649. The van der Waals surface area contributed by atoms with Crippen LogP contribution in [0, 0.1) is 12.7 Å². The number of halogens is 1. The third-order valence-electron chi connectivity index (χ3n) is 2.25. The van der Waals surface area contributed by atoms with Crippen LogP contribution in [0.2, 0.25) is 0 Å². The zero-order valence-corrected chi connectivity index (χ0v) is 9.20. The van der Waals surface area contributed by atoms with Crippen molar-refractivity contribution in [2.24, 2.45) is 0 Å². The summed E-state index contributed by atoms with van der Waals surface area (Å²) < 4.78 is 15.1. The van der Waals surface area contributed by atoms with Gasteiger partial charge in [-0.1, -0.05) is 23.5 Å². The molecule has 16 heavy (non-hydrogen) atoms. The first-order valence-corrected chi connectivity index (χ1v) is 5.51. The van der Waals surface area contributed by atoms with Crippen molar-refractivity contribution in [2.75, 3.05) is 0 Å². The van der Waals surface area contributed by atoms with E-state index in [4.69, 9.17) is 0 Å². The minimum atomic E-state index is -0.273. The van der Waals surface area contributed by atoms with Crippen LogP contribution in [0.15, 0.2) is 24.3 Å². The van der Waals surface area contributed by atoms with Crippen molar-refractivity contribution < 1.29 is 4.39 Å². The SMILES string of the molecule is Cc1nnc2sc(-c3ccccc3F)nn12. The topological polar surface area (TPSA) is 43.1 Å². The largest absolute Gasteiger partial charge is 0.234 e. The fourth-order valence-corrected chi connectivity index (χ4v) is 2.37. The average Bonchev–Trinajstić information content (AvgIpc) is 2.82. The van der Waals surface area contributed by atoms with E-state index >= 15 is 0 Å². The minimum Gasteiger partial charge on any atom is -0.206 e. The zero-order valence-electron chi connectivity index (χ0n) is 8.38. The molecule has 0 atom stereocenters. The van der Waals surface area contributed by atoms with E-state index in [0.717, 1.165) is 0 Å². The van der Waals surface area contributed by atoms with Crippen molar-refractivity contribution >= 4 is 16.3 Å². The zero-order chi connectivity index (χ0) is 11.1. The normalized spacial score (nSPS) is 11.1. The fourth-order valence-electron chi connectivity index (χ4n) is 1.46. The molecule has 2 aromatic heterocycles. The van der Waals surface area contributed by atoms with Gasteiger partial charge in [0.2, 0.25) is 4.96 Å². The number of rotatable bonds is 1. The van der Waals surface area contributed by atoms with Gasteiger partial charge in [0.15, 0.2) is 10.8 Å². The number of benzene rings is 1. The van der Waals surface area contributed by atoms with Gasteiger partial charge in [-0.15, -0.1) is 10.2 Å².